The van der Waals surface area contributed by atoms with E-state index in [1.807, 2.05) is 31.2 Å². The molecule has 1 amide bonds. The molecular weight excluding hydrogens is 291 g/mol. The number of benzene rings is 2. The van der Waals surface area contributed by atoms with Gasteiger partial charge in [0, 0.05) is 26.2 Å². The number of carbonyl (C=O) groups is 1. The molecule has 0 atom stereocenters. The van der Waals surface area contributed by atoms with Crippen LogP contribution < -0.4 is 5.32 Å². The molecule has 0 saturated carbocycles. The number of nitrogens with zero attached hydrogens (tertiary/aromatic N) is 1. The lowest BCUT2D eigenvalue weighted by molar-refractivity contribution is 0.0731. The molecule has 0 unspecified atom stereocenters. The second kappa shape index (κ2) is 6.50. The monoisotopic (exact) mass is 312 g/mol. The van der Waals surface area contributed by atoms with E-state index in [0.29, 0.717) is 13.1 Å². The molecule has 1 aliphatic rings. The van der Waals surface area contributed by atoms with Crippen molar-refractivity contribution in [3.63, 3.8) is 0 Å². The van der Waals surface area contributed by atoms with Gasteiger partial charge in [-0.25, -0.2) is 4.39 Å². The van der Waals surface area contributed by atoms with Crippen LogP contribution in [-0.2, 0) is 0 Å². The van der Waals surface area contributed by atoms with Gasteiger partial charge in [-0.05, 0) is 48.2 Å². The fourth-order valence-corrected chi connectivity index (χ4v) is 2.83. The van der Waals surface area contributed by atoms with Crippen molar-refractivity contribution < 1.29 is 9.18 Å². The van der Waals surface area contributed by atoms with E-state index in [2.05, 4.69) is 12.2 Å². The molecule has 0 aromatic heterocycles. The van der Waals surface area contributed by atoms with E-state index in [-0.39, 0.29) is 11.5 Å². The summed E-state index contributed by atoms with van der Waals surface area (Å²) in [4.78, 5) is 14.1. The van der Waals surface area contributed by atoms with Crippen LogP contribution in [0.25, 0.3) is 11.1 Å². The van der Waals surface area contributed by atoms with E-state index in [4.69, 9.17) is 0 Å². The van der Waals surface area contributed by atoms with Crippen molar-refractivity contribution in [2.75, 3.05) is 26.2 Å². The van der Waals surface area contributed by atoms with Gasteiger partial charge in [-0.1, -0.05) is 24.3 Å². The smallest absolute Gasteiger partial charge is 0.256 e. The van der Waals surface area contributed by atoms with Crippen molar-refractivity contribution in [2.24, 2.45) is 0 Å². The normalized spacial score (nSPS) is 14.8. The molecule has 2 aromatic carbocycles. The van der Waals surface area contributed by atoms with E-state index in [1.54, 1.807) is 11.0 Å². The number of halogens is 1. The molecule has 1 fully saturated rings. The Morgan fingerprint density at radius 1 is 1.00 bits per heavy atom. The molecule has 3 nitrogen and oxygen atoms in total. The first-order chi connectivity index (χ1) is 11.1. The molecule has 23 heavy (non-hydrogen) atoms. The van der Waals surface area contributed by atoms with E-state index in [1.165, 1.54) is 17.2 Å². The van der Waals surface area contributed by atoms with E-state index in [0.717, 1.165) is 24.2 Å². The summed E-state index contributed by atoms with van der Waals surface area (Å²) in [5, 5.41) is 3.19. The van der Waals surface area contributed by atoms with Crippen LogP contribution >= 0.6 is 0 Å². The largest absolute Gasteiger partial charge is 0.336 e. The van der Waals surface area contributed by atoms with Crippen molar-refractivity contribution in [2.45, 2.75) is 13.8 Å². The fraction of sp³-hybridized carbons (Fsp3) is 0.316. The lowest BCUT2D eigenvalue weighted by Crippen LogP contribution is -2.46. The number of carbonyl (C=O) groups excluding carboxylic acids is 1. The predicted octanol–water partition coefficient (Wildman–Crippen LogP) is 3.15. The van der Waals surface area contributed by atoms with E-state index in [9.17, 15) is 9.18 Å². The highest BCUT2D eigenvalue weighted by Crippen LogP contribution is 2.24. The van der Waals surface area contributed by atoms with Crippen molar-refractivity contribution in [1.82, 2.24) is 10.2 Å². The summed E-state index contributed by atoms with van der Waals surface area (Å²) in [7, 11) is 0. The highest BCUT2D eigenvalue weighted by atomic mass is 19.1. The number of aryl methyl sites for hydroxylation is 2. The lowest BCUT2D eigenvalue weighted by atomic mass is 9.99. The van der Waals surface area contributed by atoms with Gasteiger partial charge >= 0.3 is 0 Å². The minimum atomic E-state index is -0.454. The summed E-state index contributed by atoms with van der Waals surface area (Å²) in [6.45, 7) is 6.85. The van der Waals surface area contributed by atoms with Crippen LogP contribution in [0.5, 0.6) is 0 Å². The highest BCUT2D eigenvalue weighted by Gasteiger charge is 2.21. The quantitative estimate of drug-likeness (QED) is 0.924. The molecule has 4 heteroatoms. The summed E-state index contributed by atoms with van der Waals surface area (Å²) in [6, 6.07) is 10.9. The topological polar surface area (TPSA) is 32.3 Å². The first-order valence-corrected chi connectivity index (χ1v) is 7.93. The number of rotatable bonds is 2. The highest BCUT2D eigenvalue weighted by molar-refractivity contribution is 5.95. The number of hydrogen-bond acceptors (Lipinski definition) is 2. The molecule has 2 aromatic rings. The van der Waals surface area contributed by atoms with Gasteiger partial charge in [0.1, 0.15) is 5.82 Å². The Bertz CT molecular complexity index is 736. The van der Waals surface area contributed by atoms with Crippen LogP contribution in [0, 0.1) is 19.7 Å². The minimum absolute atomic E-state index is 0.152. The number of piperazine rings is 1. The van der Waals surface area contributed by atoms with Gasteiger partial charge in [-0.15, -0.1) is 0 Å². The first kappa shape index (κ1) is 15.7. The third kappa shape index (κ3) is 3.27. The Hall–Kier alpha value is -2.20. The third-order valence-corrected chi connectivity index (χ3v) is 4.44. The molecule has 0 radical (unpaired) electrons. The zero-order chi connectivity index (χ0) is 16.4. The van der Waals surface area contributed by atoms with Gasteiger partial charge in [0.15, 0.2) is 0 Å². The minimum Gasteiger partial charge on any atom is -0.336 e. The summed E-state index contributed by atoms with van der Waals surface area (Å²) in [5.74, 6) is -0.681. The second-order valence-electron chi connectivity index (χ2n) is 6.04. The molecule has 0 bridgehead atoms. The van der Waals surface area contributed by atoms with Gasteiger partial charge in [0.25, 0.3) is 5.91 Å². The molecule has 120 valence electrons. The van der Waals surface area contributed by atoms with Gasteiger partial charge in [-0.3, -0.25) is 4.79 Å². The maximum Gasteiger partial charge on any atom is 0.256 e. The van der Waals surface area contributed by atoms with Crippen LogP contribution in [0.15, 0.2) is 36.4 Å². The van der Waals surface area contributed by atoms with E-state index < -0.39 is 5.82 Å². The number of hydrogen-bond donors (Lipinski definition) is 1. The van der Waals surface area contributed by atoms with Crippen molar-refractivity contribution in [3.05, 3.63) is 58.9 Å². The average Bonchev–Trinajstić information content (AvgIpc) is 2.57. The Labute approximate surface area is 136 Å². The predicted molar refractivity (Wildman–Crippen MR) is 90.1 cm³/mol. The zero-order valence-corrected chi connectivity index (χ0v) is 13.5. The number of amides is 1. The van der Waals surface area contributed by atoms with Crippen LogP contribution in [-0.4, -0.2) is 37.0 Å². The van der Waals surface area contributed by atoms with Gasteiger partial charge in [0.2, 0.25) is 0 Å². The van der Waals surface area contributed by atoms with Crippen molar-refractivity contribution in [1.29, 1.82) is 0 Å². The lowest BCUT2D eigenvalue weighted by Gasteiger charge is -2.27. The Balaban J connectivity index is 1.88. The van der Waals surface area contributed by atoms with Crippen molar-refractivity contribution in [3.8, 4) is 11.1 Å². The zero-order valence-electron chi connectivity index (χ0n) is 13.5. The van der Waals surface area contributed by atoms with Gasteiger partial charge < -0.3 is 10.2 Å². The second-order valence-corrected chi connectivity index (χ2v) is 6.04. The van der Waals surface area contributed by atoms with Crippen LogP contribution in [0.2, 0.25) is 0 Å². The van der Waals surface area contributed by atoms with Gasteiger partial charge in [0.05, 0.1) is 5.56 Å². The summed E-state index contributed by atoms with van der Waals surface area (Å²) in [5.41, 5.74) is 4.29. The van der Waals surface area contributed by atoms with Crippen LogP contribution in [0.1, 0.15) is 21.5 Å². The van der Waals surface area contributed by atoms with Crippen molar-refractivity contribution >= 4 is 5.91 Å². The molecule has 0 spiro atoms. The summed E-state index contributed by atoms with van der Waals surface area (Å²) >= 11 is 0. The molecule has 1 N–H and O–H groups in total. The summed E-state index contributed by atoms with van der Waals surface area (Å²) in [6.07, 6.45) is 0. The molecule has 3 rings (SSSR count). The molecule has 1 aliphatic heterocycles. The Morgan fingerprint density at radius 3 is 2.30 bits per heavy atom. The Morgan fingerprint density at radius 2 is 1.65 bits per heavy atom. The maximum absolute atomic E-state index is 14.5. The third-order valence-electron chi connectivity index (χ3n) is 4.44. The maximum atomic E-state index is 14.5. The van der Waals surface area contributed by atoms with E-state index >= 15 is 0 Å². The van der Waals surface area contributed by atoms with Crippen LogP contribution in [0.4, 0.5) is 4.39 Å². The SMILES string of the molecule is Cc1ccc(-c2ccc(C(=O)N3CCNCC3)c(F)c2)cc1C. The molecule has 0 aliphatic carbocycles. The van der Waals surface area contributed by atoms with Crippen LogP contribution in [0.3, 0.4) is 0 Å². The molecular formula is C19H21FN2O. The standard InChI is InChI=1S/C19H21FN2O/c1-13-3-4-15(11-14(13)2)16-5-6-17(18(20)12-16)19(23)22-9-7-21-8-10-22/h3-6,11-12,21H,7-10H2,1-2H3. The first-order valence-electron chi connectivity index (χ1n) is 7.93. The molecule has 1 saturated heterocycles. The Kier molecular flexibility index (Phi) is 4.44. The average molecular weight is 312 g/mol. The summed E-state index contributed by atoms with van der Waals surface area (Å²) < 4.78 is 14.5. The number of nitrogens with one attached hydrogen (secondary N) is 1. The fourth-order valence-electron chi connectivity index (χ4n) is 2.83. The molecule has 1 heterocycles. The van der Waals surface area contributed by atoms with Gasteiger partial charge in [-0.2, -0.15) is 0 Å².